The van der Waals surface area contributed by atoms with Gasteiger partial charge in [-0.15, -0.1) is 5.10 Å². The summed E-state index contributed by atoms with van der Waals surface area (Å²) < 4.78 is 5.70. The number of nitrogens with one attached hydrogen (secondary N) is 1. The maximum absolute atomic E-state index is 11.1. The smallest absolute Gasteiger partial charge is 0.236 e. The Kier molecular flexibility index (Phi) is 7.12. The minimum absolute atomic E-state index is 0.0279. The number of carbonyl (C=O) groups excluding carboxylic acids is 1. The zero-order valence-electron chi connectivity index (χ0n) is 12.7. The Labute approximate surface area is 135 Å². The maximum atomic E-state index is 11.1. The lowest BCUT2D eigenvalue weighted by molar-refractivity contribution is -0.116. The number of unbranched alkanes of at least 4 members (excludes halogenated alkanes) is 2. The molecule has 0 saturated carbocycles. The SMILES string of the molecule is CCCCCOCc1ccccc1C=NN=C1NC(=O)CS1. The molecule has 0 aliphatic carbocycles. The van der Waals surface area contributed by atoms with Crippen LogP contribution in [0.4, 0.5) is 0 Å². The van der Waals surface area contributed by atoms with Crippen molar-refractivity contribution < 1.29 is 9.53 Å². The molecule has 22 heavy (non-hydrogen) atoms. The minimum Gasteiger partial charge on any atom is -0.377 e. The van der Waals surface area contributed by atoms with Crippen molar-refractivity contribution in [2.45, 2.75) is 32.8 Å². The second-order valence-electron chi connectivity index (χ2n) is 4.95. The van der Waals surface area contributed by atoms with Gasteiger partial charge in [-0.05, 0) is 12.0 Å². The van der Waals surface area contributed by atoms with Gasteiger partial charge in [-0.3, -0.25) is 4.79 Å². The molecule has 0 atom stereocenters. The predicted octanol–water partition coefficient (Wildman–Crippen LogP) is 2.95. The molecule has 0 aromatic heterocycles. The Hall–Kier alpha value is -1.66. The van der Waals surface area contributed by atoms with Crippen LogP contribution in [-0.4, -0.2) is 29.6 Å². The van der Waals surface area contributed by atoms with E-state index >= 15 is 0 Å². The van der Waals surface area contributed by atoms with Gasteiger partial charge in [0.25, 0.3) is 0 Å². The summed E-state index contributed by atoms with van der Waals surface area (Å²) in [5.41, 5.74) is 2.07. The fraction of sp³-hybridized carbons (Fsp3) is 0.438. The number of carbonyl (C=O) groups is 1. The number of hydrogen-bond acceptors (Lipinski definition) is 5. The number of thioether (sulfide) groups is 1. The molecule has 1 heterocycles. The third-order valence-electron chi connectivity index (χ3n) is 3.14. The molecule has 1 aromatic rings. The van der Waals surface area contributed by atoms with Crippen molar-refractivity contribution in [2.24, 2.45) is 10.2 Å². The van der Waals surface area contributed by atoms with Crippen LogP contribution in [0.3, 0.4) is 0 Å². The van der Waals surface area contributed by atoms with Gasteiger partial charge in [-0.25, -0.2) is 0 Å². The highest BCUT2D eigenvalue weighted by Gasteiger charge is 2.15. The maximum Gasteiger partial charge on any atom is 0.236 e. The zero-order valence-corrected chi connectivity index (χ0v) is 13.6. The van der Waals surface area contributed by atoms with Gasteiger partial charge >= 0.3 is 0 Å². The van der Waals surface area contributed by atoms with Gasteiger partial charge in [0.15, 0.2) is 5.17 Å². The van der Waals surface area contributed by atoms with Crippen LogP contribution >= 0.6 is 11.8 Å². The van der Waals surface area contributed by atoms with Crippen LogP contribution in [0, 0.1) is 0 Å². The molecular formula is C16H21N3O2S. The molecule has 0 unspecified atom stereocenters. The molecule has 1 N–H and O–H groups in total. The number of rotatable bonds is 8. The average molecular weight is 319 g/mol. The third-order valence-corrected chi connectivity index (χ3v) is 4.00. The first-order chi connectivity index (χ1) is 10.8. The molecule has 0 spiro atoms. The van der Waals surface area contributed by atoms with E-state index in [-0.39, 0.29) is 5.91 Å². The van der Waals surface area contributed by atoms with E-state index in [1.807, 2.05) is 24.3 Å². The van der Waals surface area contributed by atoms with E-state index in [1.165, 1.54) is 24.6 Å². The average Bonchev–Trinajstić information content (AvgIpc) is 2.94. The summed E-state index contributed by atoms with van der Waals surface area (Å²) in [5.74, 6) is 0.385. The molecule has 2 rings (SSSR count). The van der Waals surface area contributed by atoms with E-state index in [2.05, 4.69) is 22.4 Å². The van der Waals surface area contributed by atoms with Crippen LogP contribution < -0.4 is 5.32 Å². The van der Waals surface area contributed by atoms with E-state index in [0.29, 0.717) is 17.5 Å². The summed E-state index contributed by atoms with van der Waals surface area (Å²) in [6.07, 6.45) is 5.19. The number of benzene rings is 1. The van der Waals surface area contributed by atoms with Crippen molar-refractivity contribution in [1.29, 1.82) is 0 Å². The topological polar surface area (TPSA) is 63.1 Å². The second kappa shape index (κ2) is 9.38. The number of ether oxygens (including phenoxy) is 1. The van der Waals surface area contributed by atoms with E-state index in [9.17, 15) is 4.79 Å². The second-order valence-corrected chi connectivity index (χ2v) is 5.91. The number of hydrogen-bond donors (Lipinski definition) is 1. The lowest BCUT2D eigenvalue weighted by Gasteiger charge is -2.06. The monoisotopic (exact) mass is 319 g/mol. The first-order valence-corrected chi connectivity index (χ1v) is 8.47. The fourth-order valence-corrected chi connectivity index (χ4v) is 2.58. The first-order valence-electron chi connectivity index (χ1n) is 7.49. The van der Waals surface area contributed by atoms with Gasteiger partial charge < -0.3 is 10.1 Å². The summed E-state index contributed by atoms with van der Waals surface area (Å²) in [4.78, 5) is 11.1. The number of nitrogens with zero attached hydrogens (tertiary/aromatic N) is 2. The lowest BCUT2D eigenvalue weighted by Crippen LogP contribution is -2.19. The van der Waals surface area contributed by atoms with Crippen LogP contribution in [0.25, 0.3) is 0 Å². The van der Waals surface area contributed by atoms with Crippen molar-refractivity contribution in [3.8, 4) is 0 Å². The molecule has 1 amide bonds. The van der Waals surface area contributed by atoms with Gasteiger partial charge in [-0.1, -0.05) is 55.8 Å². The summed E-state index contributed by atoms with van der Waals surface area (Å²) in [6.45, 7) is 3.54. The molecular weight excluding hydrogens is 298 g/mol. The zero-order chi connectivity index (χ0) is 15.6. The molecule has 1 fully saturated rings. The van der Waals surface area contributed by atoms with E-state index in [0.717, 1.165) is 24.2 Å². The number of amides is 1. The van der Waals surface area contributed by atoms with Gasteiger partial charge in [0.05, 0.1) is 18.6 Å². The standard InChI is InChI=1S/C16H21N3O2S/c1-2-3-6-9-21-11-14-8-5-4-7-13(14)10-17-19-16-18-15(20)12-22-16/h4-5,7-8,10H,2-3,6,9,11-12H2,1H3,(H,18,19,20). The van der Waals surface area contributed by atoms with Gasteiger partial charge in [0.1, 0.15) is 0 Å². The molecule has 0 radical (unpaired) electrons. The van der Waals surface area contributed by atoms with Crippen LogP contribution in [0.2, 0.25) is 0 Å². The van der Waals surface area contributed by atoms with Crippen LogP contribution in [0.1, 0.15) is 37.3 Å². The Morgan fingerprint density at radius 3 is 3.00 bits per heavy atom. The Morgan fingerprint density at radius 1 is 1.36 bits per heavy atom. The van der Waals surface area contributed by atoms with Crippen molar-refractivity contribution in [3.63, 3.8) is 0 Å². The molecule has 1 aliphatic heterocycles. The van der Waals surface area contributed by atoms with Crippen molar-refractivity contribution in [2.75, 3.05) is 12.4 Å². The summed E-state index contributed by atoms with van der Waals surface area (Å²) in [7, 11) is 0. The van der Waals surface area contributed by atoms with Crippen molar-refractivity contribution in [1.82, 2.24) is 5.32 Å². The predicted molar refractivity (Wildman–Crippen MR) is 91.3 cm³/mol. The van der Waals surface area contributed by atoms with Crippen LogP contribution in [0.5, 0.6) is 0 Å². The molecule has 1 aromatic carbocycles. The molecule has 5 nitrogen and oxygen atoms in total. The quantitative estimate of drug-likeness (QED) is 0.455. The summed E-state index contributed by atoms with van der Waals surface area (Å²) in [6, 6.07) is 7.96. The van der Waals surface area contributed by atoms with E-state index in [4.69, 9.17) is 4.74 Å². The van der Waals surface area contributed by atoms with Gasteiger partial charge in [-0.2, -0.15) is 5.10 Å². The van der Waals surface area contributed by atoms with E-state index < -0.39 is 0 Å². The Bertz CT molecular complexity index is 558. The third kappa shape index (κ3) is 5.61. The largest absolute Gasteiger partial charge is 0.377 e. The molecule has 118 valence electrons. The highest BCUT2D eigenvalue weighted by molar-refractivity contribution is 8.15. The molecule has 0 bridgehead atoms. The van der Waals surface area contributed by atoms with Gasteiger partial charge in [0, 0.05) is 12.2 Å². The highest BCUT2D eigenvalue weighted by atomic mass is 32.2. The van der Waals surface area contributed by atoms with Crippen LogP contribution in [-0.2, 0) is 16.1 Å². The van der Waals surface area contributed by atoms with Gasteiger partial charge in [0.2, 0.25) is 5.91 Å². The lowest BCUT2D eigenvalue weighted by atomic mass is 10.1. The van der Waals surface area contributed by atoms with E-state index in [1.54, 1.807) is 6.21 Å². The normalized spacial score (nSPS) is 16.6. The minimum atomic E-state index is -0.0279. The summed E-state index contributed by atoms with van der Waals surface area (Å²) in [5, 5.41) is 11.3. The fourth-order valence-electron chi connectivity index (χ4n) is 1.95. The highest BCUT2D eigenvalue weighted by Crippen LogP contribution is 2.11. The Morgan fingerprint density at radius 2 is 2.23 bits per heavy atom. The molecule has 6 heteroatoms. The molecule has 1 aliphatic rings. The molecule has 1 saturated heterocycles. The first kappa shape index (κ1) is 16.7. The van der Waals surface area contributed by atoms with Crippen LogP contribution in [0.15, 0.2) is 34.5 Å². The number of amidine groups is 1. The Balaban J connectivity index is 1.89. The van der Waals surface area contributed by atoms with Crippen molar-refractivity contribution >= 4 is 29.1 Å². The summed E-state index contributed by atoms with van der Waals surface area (Å²) >= 11 is 1.36. The van der Waals surface area contributed by atoms with Crippen molar-refractivity contribution in [3.05, 3.63) is 35.4 Å².